The minimum absolute atomic E-state index is 0.0783. The lowest BCUT2D eigenvalue weighted by molar-refractivity contribution is -0.115. The Morgan fingerprint density at radius 3 is 2.60 bits per heavy atom. The summed E-state index contributed by atoms with van der Waals surface area (Å²) in [6, 6.07) is 3.06. The number of hydrogen-bond acceptors (Lipinski definition) is 4. The number of rotatable bonds is 4. The summed E-state index contributed by atoms with van der Waals surface area (Å²) in [6.07, 6.45) is 1.50. The summed E-state index contributed by atoms with van der Waals surface area (Å²) >= 11 is 6.24. The van der Waals surface area contributed by atoms with Crippen LogP contribution in [0.2, 0.25) is 5.02 Å². The lowest BCUT2D eigenvalue weighted by Crippen LogP contribution is -2.33. The van der Waals surface area contributed by atoms with E-state index in [-0.39, 0.29) is 5.91 Å². The molecule has 20 heavy (non-hydrogen) atoms. The van der Waals surface area contributed by atoms with Crippen molar-refractivity contribution in [1.29, 1.82) is 0 Å². The van der Waals surface area contributed by atoms with E-state index in [1.165, 1.54) is 6.26 Å². The molecule has 2 atom stereocenters. The average molecular weight is 317 g/mol. The van der Waals surface area contributed by atoms with Crippen molar-refractivity contribution < 1.29 is 13.2 Å². The zero-order chi connectivity index (χ0) is 15.1. The Kier molecular flexibility index (Phi) is 4.09. The molecule has 5 nitrogen and oxygen atoms in total. The van der Waals surface area contributed by atoms with Crippen LogP contribution in [-0.2, 0) is 21.1 Å². The molecule has 1 aliphatic heterocycles. The Labute approximate surface area is 123 Å². The highest BCUT2D eigenvalue weighted by Crippen LogP contribution is 2.34. The van der Waals surface area contributed by atoms with Crippen molar-refractivity contribution in [3.63, 3.8) is 0 Å². The van der Waals surface area contributed by atoms with E-state index in [1.54, 1.807) is 26.1 Å². The number of carbonyl (C=O) groups is 1. The van der Waals surface area contributed by atoms with Crippen molar-refractivity contribution >= 4 is 33.0 Å². The summed E-state index contributed by atoms with van der Waals surface area (Å²) in [7, 11) is -1.51. The number of halogens is 1. The maximum Gasteiger partial charge on any atom is 0.228 e. The van der Waals surface area contributed by atoms with Crippen LogP contribution >= 0.6 is 11.6 Å². The maximum absolute atomic E-state index is 11.8. The molecule has 1 amide bonds. The van der Waals surface area contributed by atoms with Gasteiger partial charge in [-0.25, -0.2) is 8.42 Å². The van der Waals surface area contributed by atoms with Crippen LogP contribution in [0, 0.1) is 0 Å². The third kappa shape index (κ3) is 2.82. The monoisotopic (exact) mass is 316 g/mol. The maximum atomic E-state index is 11.8. The Balaban J connectivity index is 2.46. The van der Waals surface area contributed by atoms with Crippen LogP contribution in [0.5, 0.6) is 0 Å². The molecule has 0 radical (unpaired) electrons. The first-order valence-corrected chi connectivity index (χ1v) is 8.55. The van der Waals surface area contributed by atoms with Gasteiger partial charge in [0.05, 0.1) is 11.7 Å². The Bertz CT molecular complexity index is 658. The zero-order valence-corrected chi connectivity index (χ0v) is 13.1. The second-order valence-corrected chi connectivity index (χ2v) is 7.87. The van der Waals surface area contributed by atoms with Gasteiger partial charge in [-0.05, 0) is 31.2 Å². The third-order valence-corrected chi connectivity index (χ3v) is 5.59. The highest BCUT2D eigenvalue weighted by atomic mass is 35.5. The van der Waals surface area contributed by atoms with Gasteiger partial charge < -0.3 is 10.6 Å². The van der Waals surface area contributed by atoms with Gasteiger partial charge in [0.15, 0.2) is 9.84 Å². The second kappa shape index (κ2) is 5.35. The molecule has 1 aromatic rings. The van der Waals surface area contributed by atoms with E-state index in [0.717, 1.165) is 5.56 Å². The number of hydrogen-bond donors (Lipinski definition) is 2. The Hall–Kier alpha value is -1.11. The SMILES string of the molecule is CNC(c1cc2c(cc1Cl)NC(=O)C2)C(C)S(C)(=O)=O. The van der Waals surface area contributed by atoms with Crippen molar-refractivity contribution in [3.8, 4) is 0 Å². The number of carbonyl (C=O) groups excluding carboxylic acids is 1. The standard InChI is InChI=1S/C13H17ClN2O3S/c1-7(20(3,18)19)13(15-2)9-4-8-5-12(17)16-11(8)6-10(9)14/h4,6-7,13,15H,5H2,1-3H3,(H,16,17). The molecular formula is C13H17ClN2O3S. The van der Waals surface area contributed by atoms with Gasteiger partial charge in [-0.3, -0.25) is 4.79 Å². The van der Waals surface area contributed by atoms with Gasteiger partial charge in [0.25, 0.3) is 0 Å². The highest BCUT2D eigenvalue weighted by molar-refractivity contribution is 7.91. The van der Waals surface area contributed by atoms with Gasteiger partial charge in [-0.15, -0.1) is 0 Å². The van der Waals surface area contributed by atoms with Crippen LogP contribution in [0.25, 0.3) is 0 Å². The fourth-order valence-electron chi connectivity index (χ4n) is 2.40. The molecule has 1 heterocycles. The number of sulfone groups is 1. The molecule has 0 fully saturated rings. The molecule has 0 aliphatic carbocycles. The second-order valence-electron chi connectivity index (χ2n) is 5.06. The topological polar surface area (TPSA) is 75.3 Å². The molecule has 0 aromatic heterocycles. The first-order valence-electron chi connectivity index (χ1n) is 6.22. The van der Waals surface area contributed by atoms with E-state index in [0.29, 0.717) is 22.7 Å². The smallest absolute Gasteiger partial charge is 0.228 e. The lowest BCUT2D eigenvalue weighted by atomic mass is 10.00. The summed E-state index contributed by atoms with van der Waals surface area (Å²) in [5, 5.41) is 5.55. The summed E-state index contributed by atoms with van der Waals surface area (Å²) in [6.45, 7) is 1.64. The highest BCUT2D eigenvalue weighted by Gasteiger charge is 2.29. The van der Waals surface area contributed by atoms with Crippen LogP contribution in [0.15, 0.2) is 12.1 Å². The van der Waals surface area contributed by atoms with E-state index in [2.05, 4.69) is 10.6 Å². The van der Waals surface area contributed by atoms with Crippen molar-refractivity contribution in [2.45, 2.75) is 24.6 Å². The molecule has 0 saturated carbocycles. The minimum Gasteiger partial charge on any atom is -0.325 e. The number of nitrogens with one attached hydrogen (secondary N) is 2. The number of benzene rings is 1. The molecule has 2 unspecified atom stereocenters. The fourth-order valence-corrected chi connectivity index (χ4v) is 3.45. The number of fused-ring (bicyclic) bond motifs is 1. The minimum atomic E-state index is -3.21. The molecule has 2 rings (SSSR count). The van der Waals surface area contributed by atoms with E-state index in [1.807, 2.05) is 0 Å². The lowest BCUT2D eigenvalue weighted by Gasteiger charge is -2.24. The Morgan fingerprint density at radius 1 is 1.40 bits per heavy atom. The first-order chi connectivity index (χ1) is 9.24. The predicted octanol–water partition coefficient (Wildman–Crippen LogP) is 1.53. The van der Waals surface area contributed by atoms with Crippen molar-refractivity contribution in [2.24, 2.45) is 0 Å². The summed E-state index contributed by atoms with van der Waals surface area (Å²) in [5.74, 6) is -0.0783. The number of anilines is 1. The van der Waals surface area contributed by atoms with Crippen molar-refractivity contribution in [3.05, 3.63) is 28.3 Å². The van der Waals surface area contributed by atoms with E-state index < -0.39 is 21.1 Å². The van der Waals surface area contributed by atoms with Crippen LogP contribution in [0.4, 0.5) is 5.69 Å². The van der Waals surface area contributed by atoms with Gasteiger partial charge in [-0.1, -0.05) is 17.7 Å². The summed E-state index contributed by atoms with van der Waals surface area (Å²) < 4.78 is 23.5. The largest absolute Gasteiger partial charge is 0.325 e. The number of amides is 1. The quantitative estimate of drug-likeness (QED) is 0.883. The van der Waals surface area contributed by atoms with Gasteiger partial charge in [0.2, 0.25) is 5.91 Å². The molecule has 1 aromatic carbocycles. The first kappa shape index (κ1) is 15.3. The van der Waals surface area contributed by atoms with Gasteiger partial charge in [-0.2, -0.15) is 0 Å². The van der Waals surface area contributed by atoms with Gasteiger partial charge in [0, 0.05) is 23.0 Å². The van der Waals surface area contributed by atoms with Crippen LogP contribution in [-0.4, -0.2) is 32.9 Å². The predicted molar refractivity (Wildman–Crippen MR) is 79.9 cm³/mol. The zero-order valence-electron chi connectivity index (χ0n) is 11.5. The fraction of sp³-hybridized carbons (Fsp3) is 0.462. The summed E-state index contributed by atoms with van der Waals surface area (Å²) in [5.41, 5.74) is 2.24. The molecule has 0 bridgehead atoms. The normalized spacial score (nSPS) is 17.5. The molecular weight excluding hydrogens is 300 g/mol. The van der Waals surface area contributed by atoms with Crippen LogP contribution in [0.3, 0.4) is 0 Å². The van der Waals surface area contributed by atoms with E-state index in [4.69, 9.17) is 11.6 Å². The molecule has 110 valence electrons. The van der Waals surface area contributed by atoms with E-state index in [9.17, 15) is 13.2 Å². The Morgan fingerprint density at radius 2 is 2.05 bits per heavy atom. The van der Waals surface area contributed by atoms with Crippen molar-refractivity contribution in [2.75, 3.05) is 18.6 Å². The third-order valence-electron chi connectivity index (χ3n) is 3.64. The van der Waals surface area contributed by atoms with Gasteiger partial charge >= 0.3 is 0 Å². The van der Waals surface area contributed by atoms with Gasteiger partial charge in [0.1, 0.15) is 0 Å². The molecule has 0 saturated heterocycles. The molecule has 2 N–H and O–H groups in total. The van der Waals surface area contributed by atoms with Crippen LogP contribution in [0.1, 0.15) is 24.1 Å². The van der Waals surface area contributed by atoms with Crippen molar-refractivity contribution in [1.82, 2.24) is 5.32 Å². The van der Waals surface area contributed by atoms with E-state index >= 15 is 0 Å². The average Bonchev–Trinajstić information content (AvgIpc) is 2.68. The molecule has 1 aliphatic rings. The molecule has 7 heteroatoms. The summed E-state index contributed by atoms with van der Waals surface area (Å²) in [4.78, 5) is 11.4. The van der Waals surface area contributed by atoms with Crippen LogP contribution < -0.4 is 10.6 Å². The molecule has 0 spiro atoms.